The van der Waals surface area contributed by atoms with E-state index in [1.165, 1.54) is 23.6 Å². The molecule has 1 aromatic carbocycles. The Balaban J connectivity index is 2.63. The Hall–Kier alpha value is -2.17. The Morgan fingerprint density at radius 1 is 1.25 bits per heavy atom. The number of aromatic carboxylic acids is 1. The molecule has 20 heavy (non-hydrogen) atoms. The lowest BCUT2D eigenvalue weighted by Gasteiger charge is -2.12. The van der Waals surface area contributed by atoms with Gasteiger partial charge >= 0.3 is 5.97 Å². The normalized spacial score (nSPS) is 10.8. The minimum Gasteiger partial charge on any atom is -0.477 e. The van der Waals surface area contributed by atoms with Gasteiger partial charge in [0.2, 0.25) is 0 Å². The number of hydrogen-bond donors (Lipinski definition) is 1. The van der Waals surface area contributed by atoms with Gasteiger partial charge < -0.3 is 9.67 Å². The lowest BCUT2D eigenvalue weighted by atomic mass is 10.1. The molecule has 5 heteroatoms. The van der Waals surface area contributed by atoms with Crippen LogP contribution in [0.2, 0.25) is 0 Å². The number of benzene rings is 1. The van der Waals surface area contributed by atoms with Crippen molar-refractivity contribution in [3.05, 3.63) is 47.2 Å². The van der Waals surface area contributed by atoms with Gasteiger partial charge in [0.25, 0.3) is 0 Å². The molecule has 0 aliphatic heterocycles. The van der Waals surface area contributed by atoms with E-state index in [1.807, 2.05) is 6.92 Å². The van der Waals surface area contributed by atoms with E-state index < -0.39 is 17.6 Å². The molecule has 0 aliphatic carbocycles. The minimum absolute atomic E-state index is 0.0715. The first-order valence-corrected chi connectivity index (χ1v) is 6.34. The summed E-state index contributed by atoms with van der Waals surface area (Å²) in [5.41, 5.74) is 0.746. The molecule has 2 rings (SSSR count). The zero-order chi connectivity index (χ0) is 14.9. The van der Waals surface area contributed by atoms with Gasteiger partial charge in [0, 0.05) is 12.1 Å². The van der Waals surface area contributed by atoms with Gasteiger partial charge in [-0.25, -0.2) is 13.6 Å². The minimum atomic E-state index is -1.09. The van der Waals surface area contributed by atoms with E-state index in [0.29, 0.717) is 18.7 Å². The smallest absolute Gasteiger partial charge is 0.352 e. The highest BCUT2D eigenvalue weighted by Crippen LogP contribution is 2.28. The van der Waals surface area contributed by atoms with E-state index >= 15 is 0 Å². The fraction of sp³-hybridized carbons (Fsp3) is 0.267. The third-order valence-corrected chi connectivity index (χ3v) is 3.17. The summed E-state index contributed by atoms with van der Waals surface area (Å²) in [6, 6.07) is 5.14. The predicted molar refractivity (Wildman–Crippen MR) is 71.8 cm³/mol. The zero-order valence-corrected chi connectivity index (χ0v) is 11.3. The average Bonchev–Trinajstić information content (AvgIpc) is 2.78. The fourth-order valence-corrected chi connectivity index (χ4v) is 2.20. The number of aromatic nitrogens is 1. The second-order valence-corrected chi connectivity index (χ2v) is 4.64. The molecule has 0 radical (unpaired) electrons. The Kier molecular flexibility index (Phi) is 3.88. The summed E-state index contributed by atoms with van der Waals surface area (Å²) in [5.74, 6) is -2.16. The second kappa shape index (κ2) is 5.45. The van der Waals surface area contributed by atoms with Gasteiger partial charge in [0.1, 0.15) is 17.3 Å². The van der Waals surface area contributed by atoms with Crippen molar-refractivity contribution >= 4 is 5.97 Å². The van der Waals surface area contributed by atoms with Crippen molar-refractivity contribution in [2.75, 3.05) is 0 Å². The Labute approximate surface area is 115 Å². The van der Waals surface area contributed by atoms with Crippen LogP contribution in [0.25, 0.3) is 11.3 Å². The molecular weight excluding hydrogens is 264 g/mol. The quantitative estimate of drug-likeness (QED) is 0.923. The van der Waals surface area contributed by atoms with E-state index in [9.17, 15) is 13.6 Å². The van der Waals surface area contributed by atoms with Crippen LogP contribution in [0.4, 0.5) is 8.78 Å². The largest absolute Gasteiger partial charge is 0.477 e. The van der Waals surface area contributed by atoms with Crippen LogP contribution in [0.5, 0.6) is 0 Å². The molecule has 0 amide bonds. The molecule has 1 heterocycles. The van der Waals surface area contributed by atoms with E-state index in [4.69, 9.17) is 5.11 Å². The Morgan fingerprint density at radius 3 is 2.55 bits per heavy atom. The van der Waals surface area contributed by atoms with Gasteiger partial charge in [-0.15, -0.1) is 0 Å². The molecule has 0 fully saturated rings. The SMILES string of the molecule is CCCn1c(C(=O)O)ccc1-c1cc(F)c(C)cc1F. The number of hydrogen-bond acceptors (Lipinski definition) is 1. The molecule has 2 aromatic rings. The van der Waals surface area contributed by atoms with E-state index in [2.05, 4.69) is 0 Å². The Morgan fingerprint density at radius 2 is 1.95 bits per heavy atom. The molecule has 106 valence electrons. The van der Waals surface area contributed by atoms with E-state index in [1.54, 1.807) is 0 Å². The van der Waals surface area contributed by atoms with Crippen LogP contribution in [-0.4, -0.2) is 15.6 Å². The highest BCUT2D eigenvalue weighted by atomic mass is 19.1. The number of carboxylic acids is 1. The summed E-state index contributed by atoms with van der Waals surface area (Å²) >= 11 is 0. The second-order valence-electron chi connectivity index (χ2n) is 4.64. The van der Waals surface area contributed by atoms with Gasteiger partial charge in [-0.2, -0.15) is 0 Å². The summed E-state index contributed by atoms with van der Waals surface area (Å²) < 4.78 is 29.2. The van der Waals surface area contributed by atoms with Crippen LogP contribution in [-0.2, 0) is 6.54 Å². The maximum Gasteiger partial charge on any atom is 0.352 e. The van der Waals surface area contributed by atoms with E-state index in [-0.39, 0.29) is 16.8 Å². The third kappa shape index (κ3) is 2.43. The molecule has 0 saturated carbocycles. The number of rotatable bonds is 4. The lowest BCUT2D eigenvalue weighted by molar-refractivity contribution is 0.0685. The van der Waals surface area contributed by atoms with Crippen LogP contribution in [0.3, 0.4) is 0 Å². The van der Waals surface area contributed by atoms with Crippen LogP contribution in [0.15, 0.2) is 24.3 Å². The molecule has 0 atom stereocenters. The number of halogens is 2. The predicted octanol–water partition coefficient (Wildman–Crippen LogP) is 3.85. The topological polar surface area (TPSA) is 42.2 Å². The molecule has 1 aromatic heterocycles. The van der Waals surface area contributed by atoms with Crippen LogP contribution >= 0.6 is 0 Å². The third-order valence-electron chi connectivity index (χ3n) is 3.17. The number of carboxylic acid groups (broad SMARTS) is 1. The molecule has 3 nitrogen and oxygen atoms in total. The van der Waals surface area contributed by atoms with Gasteiger partial charge in [0.15, 0.2) is 0 Å². The molecule has 0 unspecified atom stereocenters. The number of aryl methyl sites for hydroxylation is 1. The number of carbonyl (C=O) groups is 1. The van der Waals surface area contributed by atoms with E-state index in [0.717, 1.165) is 12.1 Å². The van der Waals surface area contributed by atoms with Crippen molar-refractivity contribution in [1.82, 2.24) is 4.57 Å². The molecule has 1 N–H and O–H groups in total. The van der Waals surface area contributed by atoms with Crippen molar-refractivity contribution < 1.29 is 18.7 Å². The summed E-state index contributed by atoms with van der Waals surface area (Å²) in [7, 11) is 0. The average molecular weight is 279 g/mol. The molecule has 0 saturated heterocycles. The van der Waals surface area contributed by atoms with Gasteiger partial charge in [-0.1, -0.05) is 6.92 Å². The molecular formula is C15H15F2NO2. The van der Waals surface area contributed by atoms with Crippen molar-refractivity contribution in [3.63, 3.8) is 0 Å². The first-order valence-electron chi connectivity index (χ1n) is 6.34. The summed E-state index contributed by atoms with van der Waals surface area (Å²) in [6.45, 7) is 3.80. The first kappa shape index (κ1) is 14.2. The van der Waals surface area contributed by atoms with Crippen molar-refractivity contribution in [2.24, 2.45) is 0 Å². The fourth-order valence-electron chi connectivity index (χ4n) is 2.20. The lowest BCUT2D eigenvalue weighted by Crippen LogP contribution is -2.10. The van der Waals surface area contributed by atoms with Gasteiger partial charge in [-0.05, 0) is 43.2 Å². The van der Waals surface area contributed by atoms with Gasteiger partial charge in [0.05, 0.1) is 5.69 Å². The highest BCUT2D eigenvalue weighted by Gasteiger charge is 2.18. The monoisotopic (exact) mass is 279 g/mol. The molecule has 0 bridgehead atoms. The van der Waals surface area contributed by atoms with Crippen LogP contribution < -0.4 is 0 Å². The van der Waals surface area contributed by atoms with Crippen molar-refractivity contribution in [2.45, 2.75) is 26.8 Å². The Bertz CT molecular complexity index is 662. The highest BCUT2D eigenvalue weighted by molar-refractivity contribution is 5.87. The molecule has 0 aliphatic rings. The van der Waals surface area contributed by atoms with Gasteiger partial charge in [-0.3, -0.25) is 0 Å². The summed E-state index contributed by atoms with van der Waals surface area (Å²) in [5, 5.41) is 9.13. The summed E-state index contributed by atoms with van der Waals surface area (Å²) in [4.78, 5) is 11.2. The number of nitrogens with zero attached hydrogens (tertiary/aromatic N) is 1. The van der Waals surface area contributed by atoms with Crippen molar-refractivity contribution in [1.29, 1.82) is 0 Å². The summed E-state index contributed by atoms with van der Waals surface area (Å²) in [6.07, 6.45) is 0.692. The standard InChI is InChI=1S/C15H15F2NO2/c1-3-6-18-13(4-5-14(18)15(19)20)10-8-11(16)9(2)7-12(10)17/h4-5,7-8H,3,6H2,1-2H3,(H,19,20). The van der Waals surface area contributed by atoms with Crippen LogP contribution in [0, 0.1) is 18.6 Å². The van der Waals surface area contributed by atoms with Crippen molar-refractivity contribution in [3.8, 4) is 11.3 Å². The van der Waals surface area contributed by atoms with Crippen LogP contribution in [0.1, 0.15) is 29.4 Å². The maximum atomic E-state index is 14.0. The zero-order valence-electron chi connectivity index (χ0n) is 11.3. The molecule has 0 spiro atoms. The maximum absolute atomic E-state index is 14.0. The first-order chi connectivity index (χ1) is 9.45.